The van der Waals surface area contributed by atoms with Crippen molar-refractivity contribution in [3.63, 3.8) is 0 Å². The number of rotatable bonds is 6. The number of benzene rings is 1. The largest absolute Gasteiger partial charge is 0.392 e. The SMILES string of the molecule is CC(COCc1ccccc1)NC(=O)C1CC(O)CN1. The van der Waals surface area contributed by atoms with E-state index in [0.29, 0.717) is 26.2 Å². The molecule has 0 aromatic heterocycles. The highest BCUT2D eigenvalue weighted by atomic mass is 16.5. The zero-order valence-electron chi connectivity index (χ0n) is 11.7. The van der Waals surface area contributed by atoms with Gasteiger partial charge in [0.15, 0.2) is 0 Å². The molecule has 1 aliphatic rings. The molecule has 1 aromatic rings. The van der Waals surface area contributed by atoms with E-state index in [0.717, 1.165) is 5.56 Å². The van der Waals surface area contributed by atoms with Crippen LogP contribution in [0.1, 0.15) is 18.9 Å². The standard InChI is InChI=1S/C15H22N2O3/c1-11(9-20-10-12-5-3-2-4-6-12)17-15(19)14-7-13(18)8-16-14/h2-6,11,13-14,16,18H,7-10H2,1H3,(H,17,19). The van der Waals surface area contributed by atoms with Crippen molar-refractivity contribution in [1.29, 1.82) is 0 Å². The van der Waals surface area contributed by atoms with Crippen molar-refractivity contribution in [3.05, 3.63) is 35.9 Å². The fourth-order valence-corrected chi connectivity index (χ4v) is 2.23. The van der Waals surface area contributed by atoms with Crippen molar-refractivity contribution in [3.8, 4) is 0 Å². The monoisotopic (exact) mass is 278 g/mol. The van der Waals surface area contributed by atoms with Crippen LogP contribution in [0.25, 0.3) is 0 Å². The van der Waals surface area contributed by atoms with Gasteiger partial charge in [-0.15, -0.1) is 0 Å². The van der Waals surface area contributed by atoms with Gasteiger partial charge < -0.3 is 20.5 Å². The molecule has 1 fully saturated rings. The number of carbonyl (C=O) groups excluding carboxylic acids is 1. The summed E-state index contributed by atoms with van der Waals surface area (Å²) in [7, 11) is 0. The molecule has 0 aliphatic carbocycles. The van der Waals surface area contributed by atoms with Crippen LogP contribution in [0, 0.1) is 0 Å². The normalized spacial score (nSPS) is 23.5. The zero-order valence-corrected chi connectivity index (χ0v) is 11.7. The predicted octanol–water partition coefficient (Wildman–Crippen LogP) is 0.431. The lowest BCUT2D eigenvalue weighted by molar-refractivity contribution is -0.124. The van der Waals surface area contributed by atoms with Crippen LogP contribution in [0.2, 0.25) is 0 Å². The zero-order chi connectivity index (χ0) is 14.4. The third kappa shape index (κ3) is 4.59. The summed E-state index contributed by atoms with van der Waals surface area (Å²) in [5, 5.41) is 15.3. The van der Waals surface area contributed by atoms with Crippen LogP contribution in [0.4, 0.5) is 0 Å². The molecule has 0 bridgehead atoms. The predicted molar refractivity (Wildman–Crippen MR) is 76.1 cm³/mol. The highest BCUT2D eigenvalue weighted by Gasteiger charge is 2.28. The van der Waals surface area contributed by atoms with E-state index in [4.69, 9.17) is 4.74 Å². The number of carbonyl (C=O) groups is 1. The number of amides is 1. The number of β-amino-alcohol motifs (C(OH)–C–C–N with tert-alkyl or cyclic N) is 1. The molecule has 1 saturated heterocycles. The molecule has 1 amide bonds. The van der Waals surface area contributed by atoms with E-state index >= 15 is 0 Å². The van der Waals surface area contributed by atoms with Gasteiger partial charge in [0, 0.05) is 12.6 Å². The molecule has 5 heteroatoms. The van der Waals surface area contributed by atoms with E-state index in [-0.39, 0.29) is 18.0 Å². The highest BCUT2D eigenvalue weighted by Crippen LogP contribution is 2.06. The maximum atomic E-state index is 11.9. The van der Waals surface area contributed by atoms with E-state index in [1.807, 2.05) is 37.3 Å². The quantitative estimate of drug-likeness (QED) is 0.706. The Labute approximate surface area is 119 Å². The Kier molecular flexibility index (Phi) is 5.52. The summed E-state index contributed by atoms with van der Waals surface area (Å²) in [6.45, 7) is 3.41. The van der Waals surface area contributed by atoms with E-state index < -0.39 is 6.10 Å². The van der Waals surface area contributed by atoms with Crippen LogP contribution in [-0.2, 0) is 16.1 Å². The number of ether oxygens (including phenoxy) is 1. The maximum Gasteiger partial charge on any atom is 0.237 e. The van der Waals surface area contributed by atoms with Crippen molar-refractivity contribution < 1.29 is 14.6 Å². The molecule has 20 heavy (non-hydrogen) atoms. The first kappa shape index (κ1) is 15.0. The molecule has 3 atom stereocenters. The van der Waals surface area contributed by atoms with E-state index in [1.165, 1.54) is 0 Å². The number of hydrogen-bond acceptors (Lipinski definition) is 4. The van der Waals surface area contributed by atoms with E-state index in [1.54, 1.807) is 0 Å². The van der Waals surface area contributed by atoms with Gasteiger partial charge in [-0.2, -0.15) is 0 Å². The van der Waals surface area contributed by atoms with Crippen LogP contribution < -0.4 is 10.6 Å². The van der Waals surface area contributed by atoms with E-state index in [2.05, 4.69) is 10.6 Å². The Bertz CT molecular complexity index is 424. The minimum atomic E-state index is -0.421. The topological polar surface area (TPSA) is 70.6 Å². The third-order valence-electron chi connectivity index (χ3n) is 3.29. The van der Waals surface area contributed by atoms with Gasteiger partial charge in [-0.05, 0) is 18.9 Å². The summed E-state index contributed by atoms with van der Waals surface area (Å²) in [5.41, 5.74) is 1.12. The Morgan fingerprint density at radius 3 is 2.90 bits per heavy atom. The van der Waals surface area contributed by atoms with Gasteiger partial charge in [-0.25, -0.2) is 0 Å². The molecule has 0 radical (unpaired) electrons. The highest BCUT2D eigenvalue weighted by molar-refractivity contribution is 5.82. The number of hydrogen-bond donors (Lipinski definition) is 3. The molecule has 3 unspecified atom stereocenters. The smallest absolute Gasteiger partial charge is 0.237 e. The van der Waals surface area contributed by atoms with Crippen molar-refractivity contribution in [1.82, 2.24) is 10.6 Å². The second-order valence-electron chi connectivity index (χ2n) is 5.26. The molecule has 2 rings (SSSR count). The molecular weight excluding hydrogens is 256 g/mol. The lowest BCUT2D eigenvalue weighted by atomic mass is 10.2. The molecule has 110 valence electrons. The second kappa shape index (κ2) is 7.38. The Morgan fingerprint density at radius 1 is 1.50 bits per heavy atom. The summed E-state index contributed by atoms with van der Waals surface area (Å²) < 4.78 is 5.58. The summed E-state index contributed by atoms with van der Waals surface area (Å²) in [6, 6.07) is 9.59. The van der Waals surface area contributed by atoms with Crippen molar-refractivity contribution in [2.24, 2.45) is 0 Å². The van der Waals surface area contributed by atoms with Crippen molar-refractivity contribution in [2.45, 2.75) is 38.1 Å². The van der Waals surface area contributed by atoms with E-state index in [9.17, 15) is 9.90 Å². The van der Waals surface area contributed by atoms with Crippen LogP contribution >= 0.6 is 0 Å². The average Bonchev–Trinajstić information content (AvgIpc) is 2.87. The Balaban J connectivity index is 1.65. The van der Waals surface area contributed by atoms with Crippen LogP contribution in [0.15, 0.2) is 30.3 Å². The lowest BCUT2D eigenvalue weighted by Gasteiger charge is -2.17. The lowest BCUT2D eigenvalue weighted by Crippen LogP contribution is -2.45. The van der Waals surface area contributed by atoms with Gasteiger partial charge in [-0.1, -0.05) is 30.3 Å². The van der Waals surface area contributed by atoms with Gasteiger partial charge in [-0.3, -0.25) is 4.79 Å². The Hall–Kier alpha value is -1.43. The second-order valence-corrected chi connectivity index (χ2v) is 5.26. The molecular formula is C15H22N2O3. The molecule has 1 heterocycles. The van der Waals surface area contributed by atoms with Gasteiger partial charge in [0.1, 0.15) is 0 Å². The first-order valence-electron chi connectivity index (χ1n) is 6.98. The fourth-order valence-electron chi connectivity index (χ4n) is 2.23. The number of aliphatic hydroxyl groups is 1. The van der Waals surface area contributed by atoms with Gasteiger partial charge in [0.05, 0.1) is 25.4 Å². The molecule has 1 aromatic carbocycles. The van der Waals surface area contributed by atoms with Gasteiger partial charge in [0.2, 0.25) is 5.91 Å². The molecule has 5 nitrogen and oxygen atoms in total. The number of nitrogens with one attached hydrogen (secondary N) is 2. The average molecular weight is 278 g/mol. The Morgan fingerprint density at radius 2 is 2.25 bits per heavy atom. The summed E-state index contributed by atoms with van der Waals surface area (Å²) >= 11 is 0. The first-order valence-corrected chi connectivity index (χ1v) is 6.98. The molecule has 0 saturated carbocycles. The maximum absolute atomic E-state index is 11.9. The number of aliphatic hydroxyl groups excluding tert-OH is 1. The summed E-state index contributed by atoms with van der Waals surface area (Å²) in [4.78, 5) is 11.9. The van der Waals surface area contributed by atoms with Crippen LogP contribution in [-0.4, -0.2) is 42.4 Å². The van der Waals surface area contributed by atoms with Crippen LogP contribution in [0.5, 0.6) is 0 Å². The van der Waals surface area contributed by atoms with Crippen molar-refractivity contribution in [2.75, 3.05) is 13.2 Å². The van der Waals surface area contributed by atoms with Crippen LogP contribution in [0.3, 0.4) is 0 Å². The third-order valence-corrected chi connectivity index (χ3v) is 3.29. The molecule has 0 spiro atoms. The molecule has 1 aliphatic heterocycles. The van der Waals surface area contributed by atoms with Gasteiger partial charge in [0.25, 0.3) is 0 Å². The van der Waals surface area contributed by atoms with Gasteiger partial charge >= 0.3 is 0 Å². The minimum absolute atomic E-state index is 0.0502. The minimum Gasteiger partial charge on any atom is -0.392 e. The first-order chi connectivity index (χ1) is 9.65. The fraction of sp³-hybridized carbons (Fsp3) is 0.533. The summed E-state index contributed by atoms with van der Waals surface area (Å²) in [5.74, 6) is -0.0719. The molecule has 3 N–H and O–H groups in total. The van der Waals surface area contributed by atoms with Crippen molar-refractivity contribution >= 4 is 5.91 Å². The summed E-state index contributed by atoms with van der Waals surface area (Å²) in [6.07, 6.45) is 0.0547.